The Morgan fingerprint density at radius 1 is 1.33 bits per heavy atom. The number of tetrazole rings is 1. The van der Waals surface area contributed by atoms with Gasteiger partial charge in [-0.15, -0.1) is 15.0 Å². The first-order valence-corrected chi connectivity index (χ1v) is 7.34. The quantitative estimate of drug-likeness (QED) is 0.897. The summed E-state index contributed by atoms with van der Waals surface area (Å²) in [5, 5.41) is 16.5. The molecule has 0 radical (unpaired) electrons. The van der Waals surface area contributed by atoms with E-state index in [2.05, 4.69) is 50.8 Å². The van der Waals surface area contributed by atoms with Crippen LogP contribution in [0.15, 0.2) is 36.0 Å². The van der Waals surface area contributed by atoms with Crippen LogP contribution in [0, 0.1) is 6.92 Å². The van der Waals surface area contributed by atoms with Crippen molar-refractivity contribution in [1.29, 1.82) is 0 Å². The molecule has 0 saturated carbocycles. The standard InChI is InChI=1S/C15H18N6/c1-11-3-2-4-12(9-11)21-18-15(17-19-21)14-6-5-13-10-16-7-8-20(13)14/h2-5,9,14,16H,6-8,10H2,1H3/t14-/m1/s1. The van der Waals surface area contributed by atoms with Crippen LogP contribution in [-0.2, 0) is 0 Å². The molecule has 0 bridgehead atoms. The molecule has 6 nitrogen and oxygen atoms in total. The average Bonchev–Trinajstić information content (AvgIpc) is 3.14. The molecule has 1 fully saturated rings. The van der Waals surface area contributed by atoms with Crippen LogP contribution in [0.2, 0.25) is 0 Å². The van der Waals surface area contributed by atoms with Gasteiger partial charge in [0.25, 0.3) is 0 Å². The second-order valence-corrected chi connectivity index (χ2v) is 5.59. The zero-order chi connectivity index (χ0) is 14.2. The first-order valence-electron chi connectivity index (χ1n) is 7.34. The fraction of sp³-hybridized carbons (Fsp3) is 0.400. The Hall–Kier alpha value is -2.21. The summed E-state index contributed by atoms with van der Waals surface area (Å²) in [5.41, 5.74) is 3.51. The van der Waals surface area contributed by atoms with Gasteiger partial charge in [0.1, 0.15) is 0 Å². The molecule has 2 aliphatic rings. The number of nitrogens with zero attached hydrogens (tertiary/aromatic N) is 5. The predicted molar refractivity (Wildman–Crippen MR) is 78.9 cm³/mol. The summed E-state index contributed by atoms with van der Waals surface area (Å²) in [7, 11) is 0. The van der Waals surface area contributed by atoms with Crippen molar-refractivity contribution in [3.8, 4) is 5.69 Å². The molecule has 21 heavy (non-hydrogen) atoms. The third-order valence-corrected chi connectivity index (χ3v) is 4.12. The lowest BCUT2D eigenvalue weighted by molar-refractivity contribution is 0.243. The summed E-state index contributed by atoms with van der Waals surface area (Å²) < 4.78 is 0. The van der Waals surface area contributed by atoms with Crippen molar-refractivity contribution in [3.05, 3.63) is 47.4 Å². The van der Waals surface area contributed by atoms with Gasteiger partial charge in [0, 0.05) is 25.3 Å². The summed E-state index contributed by atoms with van der Waals surface area (Å²) in [6, 6.07) is 8.38. The molecule has 2 aliphatic heterocycles. The Morgan fingerprint density at radius 3 is 3.19 bits per heavy atom. The van der Waals surface area contributed by atoms with Gasteiger partial charge in [-0.05, 0) is 36.3 Å². The van der Waals surface area contributed by atoms with Gasteiger partial charge in [0.2, 0.25) is 0 Å². The largest absolute Gasteiger partial charge is 0.362 e. The van der Waals surface area contributed by atoms with E-state index >= 15 is 0 Å². The summed E-state index contributed by atoms with van der Waals surface area (Å²) >= 11 is 0. The van der Waals surface area contributed by atoms with Gasteiger partial charge < -0.3 is 10.2 Å². The van der Waals surface area contributed by atoms with Crippen LogP contribution in [0.25, 0.3) is 5.69 Å². The first kappa shape index (κ1) is 12.5. The number of fused-ring (bicyclic) bond motifs is 1. The molecule has 1 atom stereocenters. The molecular weight excluding hydrogens is 264 g/mol. The molecule has 0 amide bonds. The maximum Gasteiger partial charge on any atom is 0.197 e. The normalized spacial score (nSPS) is 21.3. The molecule has 108 valence electrons. The molecule has 6 heteroatoms. The Morgan fingerprint density at radius 2 is 2.29 bits per heavy atom. The second-order valence-electron chi connectivity index (χ2n) is 5.59. The van der Waals surface area contributed by atoms with Gasteiger partial charge in [-0.1, -0.05) is 18.2 Å². The van der Waals surface area contributed by atoms with E-state index in [1.165, 1.54) is 11.3 Å². The number of hydrogen-bond acceptors (Lipinski definition) is 5. The highest BCUT2D eigenvalue weighted by molar-refractivity contribution is 5.33. The van der Waals surface area contributed by atoms with Crippen molar-refractivity contribution in [2.45, 2.75) is 19.4 Å². The average molecular weight is 282 g/mol. The van der Waals surface area contributed by atoms with Gasteiger partial charge in [-0.25, -0.2) is 0 Å². The highest BCUT2D eigenvalue weighted by Gasteiger charge is 2.31. The van der Waals surface area contributed by atoms with Gasteiger partial charge in [-0.2, -0.15) is 0 Å². The van der Waals surface area contributed by atoms with Gasteiger partial charge in [-0.3, -0.25) is 0 Å². The van der Waals surface area contributed by atoms with Crippen molar-refractivity contribution >= 4 is 0 Å². The van der Waals surface area contributed by atoms with Crippen LogP contribution >= 0.6 is 0 Å². The molecule has 0 unspecified atom stereocenters. The Bertz CT molecular complexity index is 689. The zero-order valence-electron chi connectivity index (χ0n) is 12.0. The minimum atomic E-state index is 0.237. The highest BCUT2D eigenvalue weighted by atomic mass is 15.6. The number of piperazine rings is 1. The molecular formula is C15H18N6. The van der Waals surface area contributed by atoms with E-state index < -0.39 is 0 Å². The number of aromatic nitrogens is 4. The van der Waals surface area contributed by atoms with E-state index in [4.69, 9.17) is 0 Å². The van der Waals surface area contributed by atoms with E-state index in [9.17, 15) is 0 Å². The highest BCUT2D eigenvalue weighted by Crippen LogP contribution is 2.32. The van der Waals surface area contributed by atoms with Crippen molar-refractivity contribution in [2.24, 2.45) is 0 Å². The van der Waals surface area contributed by atoms with E-state index in [1.54, 1.807) is 4.80 Å². The Balaban J connectivity index is 1.60. The third-order valence-electron chi connectivity index (χ3n) is 4.12. The molecule has 1 N–H and O–H groups in total. The molecule has 2 aromatic rings. The number of benzene rings is 1. The molecule has 0 spiro atoms. The van der Waals surface area contributed by atoms with Crippen LogP contribution in [0.3, 0.4) is 0 Å². The monoisotopic (exact) mass is 282 g/mol. The fourth-order valence-electron chi connectivity index (χ4n) is 3.05. The molecule has 1 aromatic heterocycles. The molecule has 0 aliphatic carbocycles. The Kier molecular flexibility index (Phi) is 2.96. The minimum Gasteiger partial charge on any atom is -0.362 e. The fourth-order valence-corrected chi connectivity index (χ4v) is 3.05. The minimum absolute atomic E-state index is 0.237. The summed E-state index contributed by atoms with van der Waals surface area (Å²) in [5.74, 6) is 0.810. The second kappa shape index (κ2) is 4.96. The van der Waals surface area contributed by atoms with E-state index in [1.807, 2.05) is 12.1 Å². The number of rotatable bonds is 2. The molecule has 4 rings (SSSR count). The molecule has 1 aromatic carbocycles. The predicted octanol–water partition coefficient (Wildman–Crippen LogP) is 1.20. The number of nitrogens with one attached hydrogen (secondary N) is 1. The maximum atomic E-state index is 4.59. The van der Waals surface area contributed by atoms with Crippen LogP contribution in [0.5, 0.6) is 0 Å². The van der Waals surface area contributed by atoms with Crippen LogP contribution < -0.4 is 5.32 Å². The zero-order valence-corrected chi connectivity index (χ0v) is 12.0. The van der Waals surface area contributed by atoms with Crippen molar-refractivity contribution in [3.63, 3.8) is 0 Å². The number of aryl methyl sites for hydroxylation is 1. The topological polar surface area (TPSA) is 58.9 Å². The SMILES string of the molecule is Cc1cccc(-n2nnc([C@H]3CC=C4CNCCN43)n2)c1. The van der Waals surface area contributed by atoms with E-state index in [0.29, 0.717) is 0 Å². The third kappa shape index (κ3) is 2.21. The molecule has 1 saturated heterocycles. The maximum absolute atomic E-state index is 4.59. The summed E-state index contributed by atoms with van der Waals surface area (Å²) in [4.78, 5) is 4.02. The lowest BCUT2D eigenvalue weighted by atomic mass is 10.2. The van der Waals surface area contributed by atoms with Crippen LogP contribution in [0.1, 0.15) is 23.9 Å². The van der Waals surface area contributed by atoms with Crippen LogP contribution in [0.4, 0.5) is 0 Å². The molecule has 3 heterocycles. The van der Waals surface area contributed by atoms with Gasteiger partial charge >= 0.3 is 0 Å². The lowest BCUT2D eigenvalue weighted by Crippen LogP contribution is -2.41. The Labute approximate surface area is 123 Å². The van der Waals surface area contributed by atoms with Crippen molar-refractivity contribution in [1.82, 2.24) is 30.4 Å². The van der Waals surface area contributed by atoms with Gasteiger partial charge in [0.15, 0.2) is 5.82 Å². The summed E-state index contributed by atoms with van der Waals surface area (Å²) in [6.07, 6.45) is 3.25. The van der Waals surface area contributed by atoms with E-state index in [0.717, 1.165) is 37.6 Å². The lowest BCUT2D eigenvalue weighted by Gasteiger charge is -2.32. The smallest absolute Gasteiger partial charge is 0.197 e. The van der Waals surface area contributed by atoms with Crippen LogP contribution in [-0.4, -0.2) is 44.7 Å². The van der Waals surface area contributed by atoms with Gasteiger partial charge in [0.05, 0.1) is 11.7 Å². The summed E-state index contributed by atoms with van der Waals surface area (Å²) in [6.45, 7) is 5.03. The van der Waals surface area contributed by atoms with Crippen molar-refractivity contribution < 1.29 is 0 Å². The first-order chi connectivity index (χ1) is 10.3. The number of hydrogen-bond donors (Lipinski definition) is 1. The van der Waals surface area contributed by atoms with Crippen molar-refractivity contribution in [2.75, 3.05) is 19.6 Å². The van der Waals surface area contributed by atoms with E-state index in [-0.39, 0.29) is 6.04 Å².